The topological polar surface area (TPSA) is 46.6 Å². The summed E-state index contributed by atoms with van der Waals surface area (Å²) in [6.45, 7) is 9.26. The molecule has 0 radical (unpaired) electrons. The Morgan fingerprint density at radius 1 is 1.32 bits per heavy atom. The van der Waals surface area contributed by atoms with E-state index in [1.54, 1.807) is 0 Å². The summed E-state index contributed by atoms with van der Waals surface area (Å²) in [6, 6.07) is 0. The monoisotopic (exact) mass is 267 g/mol. The van der Waals surface area contributed by atoms with Crippen molar-refractivity contribution < 1.29 is 14.3 Å². The van der Waals surface area contributed by atoms with Gasteiger partial charge in [0.25, 0.3) is 0 Å². The standard InChI is InChI=1S/C15H25NO3/c1-10-7-12(17)8-11-5-6-16(9-13(10)11)14(18)19-15(2,3)4/h10-11,13H,5-9H2,1-4H3/t10-,11+,13+/m0/s1. The summed E-state index contributed by atoms with van der Waals surface area (Å²) in [5.41, 5.74) is -0.442. The van der Waals surface area contributed by atoms with Crippen LogP contribution in [0.1, 0.15) is 47.0 Å². The fourth-order valence-electron chi connectivity index (χ4n) is 3.31. The van der Waals surface area contributed by atoms with E-state index in [4.69, 9.17) is 4.74 Å². The molecular weight excluding hydrogens is 242 g/mol. The van der Waals surface area contributed by atoms with Crippen LogP contribution in [0, 0.1) is 17.8 Å². The molecule has 1 heterocycles. The zero-order valence-corrected chi connectivity index (χ0v) is 12.4. The van der Waals surface area contributed by atoms with Gasteiger partial charge in [0.2, 0.25) is 0 Å². The van der Waals surface area contributed by atoms with Crippen molar-refractivity contribution in [1.82, 2.24) is 4.90 Å². The maximum absolute atomic E-state index is 12.1. The van der Waals surface area contributed by atoms with Crippen LogP contribution in [-0.2, 0) is 9.53 Å². The normalized spacial score (nSPS) is 31.9. The molecule has 19 heavy (non-hydrogen) atoms. The fourth-order valence-corrected chi connectivity index (χ4v) is 3.31. The zero-order chi connectivity index (χ0) is 14.2. The molecule has 1 saturated heterocycles. The van der Waals surface area contributed by atoms with Gasteiger partial charge in [0, 0.05) is 25.9 Å². The third-order valence-corrected chi connectivity index (χ3v) is 4.23. The molecule has 0 N–H and O–H groups in total. The summed E-state index contributed by atoms with van der Waals surface area (Å²) < 4.78 is 5.43. The lowest BCUT2D eigenvalue weighted by Crippen LogP contribution is -2.49. The number of carbonyl (C=O) groups is 2. The van der Waals surface area contributed by atoms with Crippen LogP contribution in [-0.4, -0.2) is 35.5 Å². The smallest absolute Gasteiger partial charge is 0.410 e. The molecule has 2 fully saturated rings. The molecular formula is C15H25NO3. The number of fused-ring (bicyclic) bond motifs is 1. The van der Waals surface area contributed by atoms with Crippen LogP contribution in [0.25, 0.3) is 0 Å². The van der Waals surface area contributed by atoms with Crippen LogP contribution in [0.2, 0.25) is 0 Å². The van der Waals surface area contributed by atoms with Crippen molar-refractivity contribution in [3.05, 3.63) is 0 Å². The molecule has 108 valence electrons. The van der Waals surface area contributed by atoms with E-state index in [-0.39, 0.29) is 6.09 Å². The van der Waals surface area contributed by atoms with E-state index >= 15 is 0 Å². The molecule has 1 aliphatic carbocycles. The van der Waals surface area contributed by atoms with Gasteiger partial charge in [0.05, 0.1) is 0 Å². The minimum atomic E-state index is -0.442. The van der Waals surface area contributed by atoms with Crippen molar-refractivity contribution >= 4 is 11.9 Å². The van der Waals surface area contributed by atoms with Crippen LogP contribution >= 0.6 is 0 Å². The number of ketones is 1. The summed E-state index contributed by atoms with van der Waals surface area (Å²) in [5, 5.41) is 0. The molecule has 4 nitrogen and oxygen atoms in total. The third kappa shape index (κ3) is 3.48. The Labute approximate surface area is 115 Å². The maximum Gasteiger partial charge on any atom is 0.410 e. The molecule has 0 spiro atoms. The number of hydrogen-bond acceptors (Lipinski definition) is 3. The molecule has 2 rings (SSSR count). The third-order valence-electron chi connectivity index (χ3n) is 4.23. The van der Waals surface area contributed by atoms with Gasteiger partial charge in [-0.15, -0.1) is 0 Å². The number of Topliss-reactive ketones (excluding diaryl/α,β-unsaturated/α-hetero) is 1. The molecule has 4 heteroatoms. The summed E-state index contributed by atoms with van der Waals surface area (Å²) in [5.74, 6) is 1.70. The summed E-state index contributed by atoms with van der Waals surface area (Å²) >= 11 is 0. The molecule has 0 bridgehead atoms. The maximum atomic E-state index is 12.1. The summed E-state index contributed by atoms with van der Waals surface area (Å²) in [6.07, 6.45) is 2.09. The summed E-state index contributed by atoms with van der Waals surface area (Å²) in [4.78, 5) is 25.5. The van der Waals surface area contributed by atoms with Crippen LogP contribution in [0.5, 0.6) is 0 Å². The molecule has 0 unspecified atom stereocenters. The highest BCUT2D eigenvalue weighted by atomic mass is 16.6. The second-order valence-corrected chi connectivity index (χ2v) is 7.06. The number of nitrogens with zero attached hydrogens (tertiary/aromatic N) is 1. The van der Waals surface area contributed by atoms with Crippen LogP contribution in [0.3, 0.4) is 0 Å². The summed E-state index contributed by atoms with van der Waals surface area (Å²) in [7, 11) is 0. The predicted octanol–water partition coefficient (Wildman–Crippen LogP) is 2.86. The van der Waals surface area contributed by atoms with Gasteiger partial charge >= 0.3 is 6.09 Å². The number of ether oxygens (including phenoxy) is 1. The molecule has 3 atom stereocenters. The number of likely N-dealkylation sites (tertiary alicyclic amines) is 1. The van der Waals surface area contributed by atoms with Gasteiger partial charge in [-0.2, -0.15) is 0 Å². The minimum Gasteiger partial charge on any atom is -0.444 e. The van der Waals surface area contributed by atoms with Gasteiger partial charge in [0.1, 0.15) is 11.4 Å². The fraction of sp³-hybridized carbons (Fsp3) is 0.867. The van der Waals surface area contributed by atoms with E-state index in [0.717, 1.165) is 19.5 Å². The average molecular weight is 267 g/mol. The van der Waals surface area contributed by atoms with Crippen molar-refractivity contribution in [3.8, 4) is 0 Å². The SMILES string of the molecule is C[C@H]1CC(=O)C[C@H]2CCN(C(=O)OC(C)(C)C)C[C@@H]21. The highest BCUT2D eigenvalue weighted by molar-refractivity contribution is 5.80. The van der Waals surface area contributed by atoms with Crippen molar-refractivity contribution in [2.24, 2.45) is 17.8 Å². The lowest BCUT2D eigenvalue weighted by molar-refractivity contribution is -0.125. The van der Waals surface area contributed by atoms with E-state index in [9.17, 15) is 9.59 Å². The molecule has 2 aliphatic rings. The highest BCUT2D eigenvalue weighted by Crippen LogP contribution is 2.38. The van der Waals surface area contributed by atoms with E-state index in [0.29, 0.717) is 36.4 Å². The minimum absolute atomic E-state index is 0.213. The molecule has 1 saturated carbocycles. The van der Waals surface area contributed by atoms with Gasteiger partial charge in [0.15, 0.2) is 0 Å². The lowest BCUT2D eigenvalue weighted by Gasteiger charge is -2.43. The first-order valence-electron chi connectivity index (χ1n) is 7.26. The molecule has 1 amide bonds. The molecule has 0 aromatic rings. The van der Waals surface area contributed by atoms with Crippen LogP contribution < -0.4 is 0 Å². The largest absolute Gasteiger partial charge is 0.444 e. The van der Waals surface area contributed by atoms with Gasteiger partial charge in [-0.05, 0) is 44.9 Å². The Kier molecular flexibility index (Phi) is 3.88. The second-order valence-electron chi connectivity index (χ2n) is 7.06. The Hall–Kier alpha value is -1.06. The van der Waals surface area contributed by atoms with Crippen molar-refractivity contribution in [2.75, 3.05) is 13.1 Å². The molecule has 0 aromatic heterocycles. The Balaban J connectivity index is 1.98. The quantitative estimate of drug-likeness (QED) is 0.678. The van der Waals surface area contributed by atoms with Crippen LogP contribution in [0.15, 0.2) is 0 Å². The predicted molar refractivity (Wildman–Crippen MR) is 72.8 cm³/mol. The van der Waals surface area contributed by atoms with E-state index < -0.39 is 5.60 Å². The Morgan fingerprint density at radius 2 is 2.00 bits per heavy atom. The van der Waals surface area contributed by atoms with E-state index in [1.165, 1.54) is 0 Å². The second kappa shape index (κ2) is 5.14. The van der Waals surface area contributed by atoms with Crippen molar-refractivity contribution in [1.29, 1.82) is 0 Å². The number of hydrogen-bond donors (Lipinski definition) is 0. The first kappa shape index (κ1) is 14.4. The van der Waals surface area contributed by atoms with Crippen molar-refractivity contribution in [2.45, 2.75) is 52.6 Å². The van der Waals surface area contributed by atoms with E-state index in [1.807, 2.05) is 25.7 Å². The van der Waals surface area contributed by atoms with Gasteiger partial charge in [-0.1, -0.05) is 6.92 Å². The van der Waals surface area contributed by atoms with Crippen molar-refractivity contribution in [3.63, 3.8) is 0 Å². The zero-order valence-electron chi connectivity index (χ0n) is 12.4. The number of carbonyl (C=O) groups excluding carboxylic acids is 2. The Morgan fingerprint density at radius 3 is 2.63 bits per heavy atom. The average Bonchev–Trinajstić information content (AvgIpc) is 2.25. The first-order chi connectivity index (χ1) is 8.76. The van der Waals surface area contributed by atoms with E-state index in [2.05, 4.69) is 6.92 Å². The van der Waals surface area contributed by atoms with Crippen LogP contribution in [0.4, 0.5) is 4.79 Å². The van der Waals surface area contributed by atoms with Gasteiger partial charge < -0.3 is 9.64 Å². The highest BCUT2D eigenvalue weighted by Gasteiger charge is 2.40. The number of rotatable bonds is 0. The van der Waals surface area contributed by atoms with Gasteiger partial charge in [-0.25, -0.2) is 4.79 Å². The molecule has 1 aliphatic heterocycles. The molecule has 0 aromatic carbocycles. The number of piperidine rings is 1. The van der Waals surface area contributed by atoms with Gasteiger partial charge in [-0.3, -0.25) is 4.79 Å². The lowest BCUT2D eigenvalue weighted by atomic mass is 9.69. The Bertz CT molecular complexity index is 372. The first-order valence-corrected chi connectivity index (χ1v) is 7.26. The number of amides is 1.